The number of aromatic nitrogens is 3. The zero-order valence-electron chi connectivity index (χ0n) is 16.4. The Morgan fingerprint density at radius 1 is 1.17 bits per heavy atom. The Hall–Kier alpha value is -3.48. The second kappa shape index (κ2) is 7.87. The van der Waals surface area contributed by atoms with Gasteiger partial charge >= 0.3 is 0 Å². The molecule has 0 aliphatic heterocycles. The van der Waals surface area contributed by atoms with Crippen LogP contribution in [0.25, 0.3) is 5.69 Å². The van der Waals surface area contributed by atoms with Crippen molar-refractivity contribution < 1.29 is 9.59 Å². The van der Waals surface area contributed by atoms with E-state index in [1.807, 2.05) is 31.2 Å². The SMILES string of the molecule is CC(NC(=O)c1cccc(NC(=O)C2CC2C)c1)c1ccc(-n2cncn2)cc1. The first-order valence-corrected chi connectivity index (χ1v) is 9.68. The Labute approximate surface area is 169 Å². The monoisotopic (exact) mass is 389 g/mol. The van der Waals surface area contributed by atoms with Gasteiger partial charge in [-0.15, -0.1) is 0 Å². The van der Waals surface area contributed by atoms with Crippen molar-refractivity contribution in [3.05, 3.63) is 72.3 Å². The standard InChI is InChI=1S/C22H23N5O2/c1-14-10-20(14)22(29)26-18-5-3-4-17(11-18)21(28)25-15(2)16-6-8-19(9-7-16)27-13-23-12-24-27/h3-9,11-15,20H,10H2,1-2H3,(H,25,28)(H,26,29). The van der Waals surface area contributed by atoms with Crippen molar-refractivity contribution in [2.24, 2.45) is 11.8 Å². The van der Waals surface area contributed by atoms with Gasteiger partial charge in [0.05, 0.1) is 11.7 Å². The Kier molecular flexibility index (Phi) is 5.12. The lowest BCUT2D eigenvalue weighted by atomic mass is 10.1. The molecule has 1 heterocycles. The van der Waals surface area contributed by atoms with Crippen LogP contribution in [0.5, 0.6) is 0 Å². The molecule has 1 aliphatic carbocycles. The molecular weight excluding hydrogens is 366 g/mol. The van der Waals surface area contributed by atoms with E-state index in [-0.39, 0.29) is 23.8 Å². The minimum absolute atomic E-state index is 0.0240. The van der Waals surface area contributed by atoms with Crippen LogP contribution in [-0.2, 0) is 4.79 Å². The lowest BCUT2D eigenvalue weighted by molar-refractivity contribution is -0.117. The highest BCUT2D eigenvalue weighted by Crippen LogP contribution is 2.38. The number of rotatable bonds is 6. The second-order valence-corrected chi connectivity index (χ2v) is 7.52. The summed E-state index contributed by atoms with van der Waals surface area (Å²) in [6.45, 7) is 4.00. The fourth-order valence-corrected chi connectivity index (χ4v) is 3.28. The molecule has 3 unspecified atom stereocenters. The first-order valence-electron chi connectivity index (χ1n) is 9.68. The minimum Gasteiger partial charge on any atom is -0.346 e. The number of benzene rings is 2. The van der Waals surface area contributed by atoms with Gasteiger partial charge in [-0.25, -0.2) is 9.67 Å². The summed E-state index contributed by atoms with van der Waals surface area (Å²) in [6.07, 6.45) is 4.05. The van der Waals surface area contributed by atoms with E-state index in [0.717, 1.165) is 17.7 Å². The van der Waals surface area contributed by atoms with Crippen molar-refractivity contribution in [2.75, 3.05) is 5.32 Å². The van der Waals surface area contributed by atoms with Crippen LogP contribution in [-0.4, -0.2) is 26.6 Å². The topological polar surface area (TPSA) is 88.9 Å². The summed E-state index contributed by atoms with van der Waals surface area (Å²) in [7, 11) is 0. The van der Waals surface area contributed by atoms with E-state index >= 15 is 0 Å². The zero-order valence-corrected chi connectivity index (χ0v) is 16.4. The molecule has 1 saturated carbocycles. The number of carbonyl (C=O) groups is 2. The van der Waals surface area contributed by atoms with Crippen molar-refractivity contribution in [1.29, 1.82) is 0 Å². The fourth-order valence-electron chi connectivity index (χ4n) is 3.28. The molecule has 4 rings (SSSR count). The average Bonchev–Trinajstić information content (AvgIpc) is 3.23. The number of amides is 2. The summed E-state index contributed by atoms with van der Waals surface area (Å²) in [6, 6.07) is 14.6. The van der Waals surface area contributed by atoms with E-state index in [9.17, 15) is 9.59 Å². The molecule has 148 valence electrons. The van der Waals surface area contributed by atoms with Crippen LogP contribution in [0.3, 0.4) is 0 Å². The molecule has 0 spiro atoms. The Bertz CT molecular complexity index is 1010. The first-order chi connectivity index (χ1) is 14.0. The summed E-state index contributed by atoms with van der Waals surface area (Å²) in [5.74, 6) is 0.371. The van der Waals surface area contributed by atoms with Crippen molar-refractivity contribution in [1.82, 2.24) is 20.1 Å². The predicted molar refractivity (Wildman–Crippen MR) is 110 cm³/mol. The van der Waals surface area contributed by atoms with Crippen molar-refractivity contribution in [3.63, 3.8) is 0 Å². The summed E-state index contributed by atoms with van der Waals surface area (Å²) >= 11 is 0. The number of nitrogens with one attached hydrogen (secondary N) is 2. The highest BCUT2D eigenvalue weighted by atomic mass is 16.2. The van der Waals surface area contributed by atoms with Gasteiger partial charge in [0.2, 0.25) is 5.91 Å². The number of hydrogen-bond acceptors (Lipinski definition) is 4. The van der Waals surface area contributed by atoms with Crippen LogP contribution in [0.4, 0.5) is 5.69 Å². The summed E-state index contributed by atoms with van der Waals surface area (Å²) in [5, 5.41) is 10.0. The molecule has 7 heteroatoms. The molecule has 29 heavy (non-hydrogen) atoms. The maximum absolute atomic E-state index is 12.7. The van der Waals surface area contributed by atoms with E-state index in [2.05, 4.69) is 27.6 Å². The Morgan fingerprint density at radius 2 is 1.93 bits per heavy atom. The molecule has 3 aromatic rings. The van der Waals surface area contributed by atoms with E-state index in [0.29, 0.717) is 17.2 Å². The van der Waals surface area contributed by atoms with Gasteiger partial charge < -0.3 is 10.6 Å². The van der Waals surface area contributed by atoms with Crippen LogP contribution in [0.2, 0.25) is 0 Å². The van der Waals surface area contributed by atoms with E-state index in [4.69, 9.17) is 0 Å². The van der Waals surface area contributed by atoms with Gasteiger partial charge in [0.1, 0.15) is 12.7 Å². The third kappa shape index (κ3) is 4.34. The van der Waals surface area contributed by atoms with Gasteiger partial charge in [-0.1, -0.05) is 25.1 Å². The highest BCUT2D eigenvalue weighted by molar-refractivity contribution is 5.98. The number of anilines is 1. The van der Waals surface area contributed by atoms with E-state index < -0.39 is 0 Å². The fraction of sp³-hybridized carbons (Fsp3) is 0.273. The maximum atomic E-state index is 12.7. The maximum Gasteiger partial charge on any atom is 0.251 e. The molecular formula is C22H23N5O2. The van der Waals surface area contributed by atoms with Gasteiger partial charge in [-0.3, -0.25) is 9.59 Å². The second-order valence-electron chi connectivity index (χ2n) is 7.52. The van der Waals surface area contributed by atoms with E-state index in [1.165, 1.54) is 6.33 Å². The minimum atomic E-state index is -0.186. The molecule has 0 radical (unpaired) electrons. The third-order valence-electron chi connectivity index (χ3n) is 5.26. The van der Waals surface area contributed by atoms with Crippen LogP contribution in [0.1, 0.15) is 42.2 Å². The Balaban J connectivity index is 1.39. The number of hydrogen-bond donors (Lipinski definition) is 2. The van der Waals surface area contributed by atoms with Gasteiger partial charge in [0.25, 0.3) is 5.91 Å². The molecule has 2 aromatic carbocycles. The normalized spacial score (nSPS) is 18.7. The van der Waals surface area contributed by atoms with Crippen LogP contribution in [0, 0.1) is 11.8 Å². The molecule has 1 aliphatic rings. The zero-order chi connectivity index (χ0) is 20.4. The summed E-state index contributed by atoms with van der Waals surface area (Å²) in [5.41, 5.74) is 3.04. The van der Waals surface area contributed by atoms with Gasteiger partial charge in [0.15, 0.2) is 0 Å². The number of carbonyl (C=O) groups excluding carboxylic acids is 2. The predicted octanol–water partition coefficient (Wildman–Crippen LogP) is 3.35. The average molecular weight is 389 g/mol. The molecule has 0 bridgehead atoms. The molecule has 0 saturated heterocycles. The van der Waals surface area contributed by atoms with E-state index in [1.54, 1.807) is 35.3 Å². The van der Waals surface area contributed by atoms with Gasteiger partial charge in [0, 0.05) is 17.2 Å². The lowest BCUT2D eigenvalue weighted by Crippen LogP contribution is -2.26. The van der Waals surface area contributed by atoms with Gasteiger partial charge in [-0.2, -0.15) is 5.10 Å². The Morgan fingerprint density at radius 3 is 2.59 bits per heavy atom. The van der Waals surface area contributed by atoms with Gasteiger partial charge in [-0.05, 0) is 55.2 Å². The van der Waals surface area contributed by atoms with Crippen LogP contribution >= 0.6 is 0 Å². The molecule has 7 nitrogen and oxygen atoms in total. The van der Waals surface area contributed by atoms with Crippen molar-refractivity contribution >= 4 is 17.5 Å². The molecule has 2 N–H and O–H groups in total. The van der Waals surface area contributed by atoms with Crippen molar-refractivity contribution in [2.45, 2.75) is 26.3 Å². The summed E-state index contributed by atoms with van der Waals surface area (Å²) in [4.78, 5) is 28.7. The number of nitrogens with zero attached hydrogens (tertiary/aromatic N) is 3. The largest absolute Gasteiger partial charge is 0.346 e. The molecule has 3 atom stereocenters. The highest BCUT2D eigenvalue weighted by Gasteiger charge is 2.39. The lowest BCUT2D eigenvalue weighted by Gasteiger charge is -2.15. The van der Waals surface area contributed by atoms with Crippen LogP contribution < -0.4 is 10.6 Å². The van der Waals surface area contributed by atoms with Crippen LogP contribution in [0.15, 0.2) is 61.2 Å². The quantitative estimate of drug-likeness (QED) is 0.677. The molecule has 2 amide bonds. The first kappa shape index (κ1) is 18.9. The third-order valence-corrected chi connectivity index (χ3v) is 5.26. The molecule has 1 fully saturated rings. The van der Waals surface area contributed by atoms with Crippen molar-refractivity contribution in [3.8, 4) is 5.69 Å². The summed E-state index contributed by atoms with van der Waals surface area (Å²) < 4.78 is 1.68. The smallest absolute Gasteiger partial charge is 0.251 e. The molecule has 1 aromatic heterocycles.